The van der Waals surface area contributed by atoms with E-state index < -0.39 is 10.0 Å². The summed E-state index contributed by atoms with van der Waals surface area (Å²) in [4.78, 5) is 16.0. The number of piperidine rings is 1. The molecule has 0 aliphatic carbocycles. The van der Waals surface area contributed by atoms with Crippen LogP contribution in [0.4, 0.5) is 5.69 Å². The zero-order valence-electron chi connectivity index (χ0n) is 15.6. The number of aromatic amines is 1. The van der Waals surface area contributed by atoms with Gasteiger partial charge in [-0.15, -0.1) is 0 Å². The van der Waals surface area contributed by atoms with E-state index in [1.807, 2.05) is 36.5 Å². The Kier molecular flexibility index (Phi) is 5.09. The normalized spacial score (nSPS) is 15.8. The summed E-state index contributed by atoms with van der Waals surface area (Å²) in [6, 6.07) is 15.5. The highest BCUT2D eigenvalue weighted by Gasteiger charge is 2.32. The molecule has 2 aromatic carbocycles. The minimum absolute atomic E-state index is 0.0888. The van der Waals surface area contributed by atoms with E-state index in [9.17, 15) is 13.2 Å². The highest BCUT2D eigenvalue weighted by atomic mass is 32.2. The predicted octanol–water partition coefficient (Wildman–Crippen LogP) is 3.08. The third kappa shape index (κ3) is 3.75. The topological polar surface area (TPSA) is 106 Å². The summed E-state index contributed by atoms with van der Waals surface area (Å²) in [5, 5.41) is 12.8. The number of H-pyrrole nitrogens is 1. The number of nitrogens with one attached hydrogen (secondary N) is 2. The van der Waals surface area contributed by atoms with Crippen molar-refractivity contribution >= 4 is 32.5 Å². The van der Waals surface area contributed by atoms with Crippen molar-refractivity contribution < 1.29 is 13.2 Å². The molecular formula is C21H20N4O3S. The van der Waals surface area contributed by atoms with Crippen LogP contribution in [-0.4, -0.2) is 36.7 Å². The minimum Gasteiger partial charge on any atom is -0.361 e. The summed E-state index contributed by atoms with van der Waals surface area (Å²) in [6.07, 6.45) is 2.75. The van der Waals surface area contributed by atoms with Crippen LogP contribution in [-0.2, 0) is 14.8 Å². The number of hydrogen-bond acceptors (Lipinski definition) is 4. The van der Waals surface area contributed by atoms with Crippen LogP contribution in [0.1, 0.15) is 18.4 Å². The molecule has 2 N–H and O–H groups in total. The Balaban J connectivity index is 1.41. The summed E-state index contributed by atoms with van der Waals surface area (Å²) in [6.45, 7) is 0.573. The van der Waals surface area contributed by atoms with Crippen molar-refractivity contribution in [2.45, 2.75) is 17.7 Å². The Morgan fingerprint density at radius 2 is 1.83 bits per heavy atom. The van der Waals surface area contributed by atoms with E-state index in [2.05, 4.69) is 10.3 Å². The van der Waals surface area contributed by atoms with Gasteiger partial charge in [-0.05, 0) is 55.3 Å². The molecule has 4 rings (SSSR count). The van der Waals surface area contributed by atoms with Crippen LogP contribution >= 0.6 is 0 Å². The molecule has 148 valence electrons. The van der Waals surface area contributed by atoms with Gasteiger partial charge in [-0.25, -0.2) is 8.42 Å². The monoisotopic (exact) mass is 408 g/mol. The zero-order valence-corrected chi connectivity index (χ0v) is 16.4. The standard InChI is InChI=1S/C21H20N4O3S/c22-14-15-4-6-17(7-5-15)29(27,28)25-12-9-16(10-13-25)21(26)24-20-3-1-2-19-18(20)8-11-23-19/h1-8,11,16,23H,9-10,12-13H2,(H,24,26). The number of fused-ring (bicyclic) bond motifs is 1. The third-order valence-electron chi connectivity index (χ3n) is 5.30. The lowest BCUT2D eigenvalue weighted by molar-refractivity contribution is -0.120. The van der Waals surface area contributed by atoms with Crippen LogP contribution in [0.2, 0.25) is 0 Å². The van der Waals surface area contributed by atoms with E-state index in [-0.39, 0.29) is 29.8 Å². The average molecular weight is 408 g/mol. The van der Waals surface area contributed by atoms with Gasteiger partial charge in [0.1, 0.15) is 0 Å². The maximum absolute atomic E-state index is 12.8. The lowest BCUT2D eigenvalue weighted by Gasteiger charge is -2.30. The van der Waals surface area contributed by atoms with Crippen molar-refractivity contribution in [3.8, 4) is 6.07 Å². The molecule has 7 nitrogen and oxygen atoms in total. The number of anilines is 1. The lowest BCUT2D eigenvalue weighted by atomic mass is 9.97. The van der Waals surface area contributed by atoms with E-state index >= 15 is 0 Å². The molecule has 29 heavy (non-hydrogen) atoms. The van der Waals surface area contributed by atoms with Crippen molar-refractivity contribution in [3.63, 3.8) is 0 Å². The van der Waals surface area contributed by atoms with E-state index in [4.69, 9.17) is 5.26 Å². The first kappa shape index (κ1) is 19.2. The molecule has 0 spiro atoms. The SMILES string of the molecule is N#Cc1ccc(S(=O)(=O)N2CCC(C(=O)Nc3cccc4[nH]ccc34)CC2)cc1. The smallest absolute Gasteiger partial charge is 0.243 e. The Bertz CT molecular complexity index is 1180. The van der Waals surface area contributed by atoms with Crippen LogP contribution in [0.25, 0.3) is 10.9 Å². The van der Waals surface area contributed by atoms with E-state index in [0.29, 0.717) is 18.4 Å². The third-order valence-corrected chi connectivity index (χ3v) is 7.21. The summed E-state index contributed by atoms with van der Waals surface area (Å²) in [7, 11) is -3.63. The molecule has 1 aliphatic rings. The molecule has 1 saturated heterocycles. The van der Waals surface area contributed by atoms with Crippen molar-refractivity contribution in [2.75, 3.05) is 18.4 Å². The molecule has 1 aliphatic heterocycles. The quantitative estimate of drug-likeness (QED) is 0.692. The number of carbonyl (C=O) groups excluding carboxylic acids is 1. The molecule has 0 unspecified atom stereocenters. The maximum atomic E-state index is 12.8. The summed E-state index contributed by atoms with van der Waals surface area (Å²) < 4.78 is 27.0. The van der Waals surface area contributed by atoms with Gasteiger partial charge in [-0.2, -0.15) is 9.57 Å². The fourth-order valence-electron chi connectivity index (χ4n) is 3.64. The van der Waals surface area contributed by atoms with E-state index in [1.54, 1.807) is 0 Å². The summed E-state index contributed by atoms with van der Waals surface area (Å²) in [5.41, 5.74) is 2.12. The van der Waals surface area contributed by atoms with Gasteiger partial charge in [0.25, 0.3) is 0 Å². The number of rotatable bonds is 4. The van der Waals surface area contributed by atoms with Gasteiger partial charge in [0, 0.05) is 36.1 Å². The number of aromatic nitrogens is 1. The first-order chi connectivity index (χ1) is 14.0. The first-order valence-electron chi connectivity index (χ1n) is 9.36. The molecule has 3 aromatic rings. The van der Waals surface area contributed by atoms with Crippen LogP contribution in [0.3, 0.4) is 0 Å². The van der Waals surface area contributed by atoms with Gasteiger partial charge in [-0.1, -0.05) is 6.07 Å². The Morgan fingerprint density at radius 1 is 1.10 bits per heavy atom. The number of hydrogen-bond donors (Lipinski definition) is 2. The minimum atomic E-state index is -3.63. The molecule has 1 fully saturated rings. The molecule has 0 atom stereocenters. The largest absolute Gasteiger partial charge is 0.361 e. The molecular weight excluding hydrogens is 388 g/mol. The van der Waals surface area contributed by atoms with Gasteiger partial charge in [0.05, 0.1) is 22.2 Å². The average Bonchev–Trinajstić information content (AvgIpc) is 3.24. The number of benzene rings is 2. The maximum Gasteiger partial charge on any atom is 0.243 e. The molecule has 1 amide bonds. The first-order valence-corrected chi connectivity index (χ1v) is 10.8. The second-order valence-electron chi connectivity index (χ2n) is 7.05. The number of nitrogens with zero attached hydrogens (tertiary/aromatic N) is 2. The van der Waals surface area contributed by atoms with Crippen LogP contribution in [0.15, 0.2) is 59.6 Å². The molecule has 0 bridgehead atoms. The van der Waals surface area contributed by atoms with Crippen molar-refractivity contribution in [1.29, 1.82) is 5.26 Å². The lowest BCUT2D eigenvalue weighted by Crippen LogP contribution is -2.41. The zero-order chi connectivity index (χ0) is 20.4. The Morgan fingerprint density at radius 3 is 2.52 bits per heavy atom. The number of nitriles is 1. The number of amides is 1. The van der Waals surface area contributed by atoms with Gasteiger partial charge in [0.15, 0.2) is 0 Å². The van der Waals surface area contributed by atoms with Gasteiger partial charge in [0.2, 0.25) is 15.9 Å². The second-order valence-corrected chi connectivity index (χ2v) is 8.99. The summed E-state index contributed by atoms with van der Waals surface area (Å²) >= 11 is 0. The molecule has 1 aromatic heterocycles. The van der Waals surface area contributed by atoms with E-state index in [1.165, 1.54) is 28.6 Å². The molecule has 2 heterocycles. The van der Waals surface area contributed by atoms with Gasteiger partial charge in [-0.3, -0.25) is 4.79 Å². The second kappa shape index (κ2) is 7.70. The van der Waals surface area contributed by atoms with Crippen molar-refractivity contribution in [3.05, 3.63) is 60.3 Å². The number of carbonyl (C=O) groups is 1. The number of sulfonamides is 1. The van der Waals surface area contributed by atoms with Crippen molar-refractivity contribution in [2.24, 2.45) is 5.92 Å². The fraction of sp³-hybridized carbons (Fsp3) is 0.238. The highest BCUT2D eigenvalue weighted by Crippen LogP contribution is 2.27. The van der Waals surface area contributed by atoms with Crippen LogP contribution in [0.5, 0.6) is 0 Å². The van der Waals surface area contributed by atoms with E-state index in [0.717, 1.165) is 16.6 Å². The van der Waals surface area contributed by atoms with Gasteiger partial charge < -0.3 is 10.3 Å². The van der Waals surface area contributed by atoms with Gasteiger partial charge >= 0.3 is 0 Å². The van der Waals surface area contributed by atoms with Crippen LogP contribution < -0.4 is 5.32 Å². The highest BCUT2D eigenvalue weighted by molar-refractivity contribution is 7.89. The molecule has 0 saturated carbocycles. The summed E-state index contributed by atoms with van der Waals surface area (Å²) in [5.74, 6) is -0.328. The molecule has 0 radical (unpaired) electrons. The Hall–Kier alpha value is -3.15. The fourth-order valence-corrected chi connectivity index (χ4v) is 5.11. The van der Waals surface area contributed by atoms with Crippen molar-refractivity contribution in [1.82, 2.24) is 9.29 Å². The molecule has 8 heteroatoms. The van der Waals surface area contributed by atoms with Crippen LogP contribution in [0, 0.1) is 17.2 Å². The predicted molar refractivity (Wildman–Crippen MR) is 110 cm³/mol. The Labute approximate surface area is 169 Å².